The first-order chi connectivity index (χ1) is 56.9. The molecule has 0 radical (unpaired) electrons. The Morgan fingerprint density at radius 1 is 0.421 bits per heavy atom. The molecule has 2 aromatic carbocycles. The molecule has 1 aliphatic carbocycles. The lowest BCUT2D eigenvalue weighted by atomic mass is 9.79. The SMILES string of the molecule is C.C.C.C.C.C.C.C.C.C.C.C.CC(=O)CCCCCCCNC(C)=O.CCC(C)(C)C(=O)OCCOC(=O)C1CCCCC1C(=O)O.CCC(C)(C)C(=O)OCCOC(=O)CCC(=O)O.CCC(C)(C)C(=O)OCCOC(=O)c1ccccc1C(=O)O.CCC(C)C(=O)OCCCCCC(=O)OCCCCCC(=O)O.COCC(C)(CCl)OC.COCC(C)(OC)c1ccccc1. The van der Waals surface area contributed by atoms with E-state index in [9.17, 15) is 67.1 Å². The molecule has 1 fully saturated rings. The number of hydrogen-bond donors (Lipinski definition) is 5. The molecule has 3 rings (SSSR count). The summed E-state index contributed by atoms with van der Waals surface area (Å²) in [5, 5.41) is 37.7. The monoisotopic (exact) mass is 1940 g/mol. The minimum Gasteiger partial charge on any atom is -0.481 e. The summed E-state index contributed by atoms with van der Waals surface area (Å²) >= 11 is 5.58. The van der Waals surface area contributed by atoms with E-state index < -0.39 is 69.9 Å². The van der Waals surface area contributed by atoms with E-state index in [1.807, 2.05) is 78.8 Å². The average Bonchev–Trinajstić information content (AvgIpc) is 0.852. The number of alkyl halides is 1. The lowest BCUT2D eigenvalue weighted by Gasteiger charge is -2.27. The number of carboxylic acid groups (broad SMARTS) is 4. The van der Waals surface area contributed by atoms with Gasteiger partial charge in [0.05, 0.1) is 90.3 Å². The van der Waals surface area contributed by atoms with Crippen LogP contribution in [0.15, 0.2) is 54.6 Å². The van der Waals surface area contributed by atoms with E-state index in [0.717, 1.165) is 89.2 Å². The number of carbonyl (C=O) groups is 14. The highest BCUT2D eigenvalue weighted by Gasteiger charge is 2.37. The first kappa shape index (κ1) is 161. The van der Waals surface area contributed by atoms with Crippen LogP contribution in [0.4, 0.5) is 0 Å². The van der Waals surface area contributed by atoms with Crippen LogP contribution in [0.3, 0.4) is 0 Å². The minimum atomic E-state index is -1.20. The van der Waals surface area contributed by atoms with E-state index in [1.165, 1.54) is 25.1 Å². The van der Waals surface area contributed by atoms with Crippen LogP contribution in [0.2, 0.25) is 0 Å². The first-order valence-corrected chi connectivity index (χ1v) is 42.2. The number of rotatable bonds is 52. The van der Waals surface area contributed by atoms with Gasteiger partial charge >= 0.3 is 71.6 Å². The molecule has 0 aliphatic heterocycles. The van der Waals surface area contributed by atoms with E-state index >= 15 is 0 Å². The Bertz CT molecular complexity index is 3270. The highest BCUT2D eigenvalue weighted by molar-refractivity contribution is 6.18. The van der Waals surface area contributed by atoms with E-state index in [-0.39, 0.29) is 218 Å². The predicted molar refractivity (Wildman–Crippen MR) is 535 cm³/mol. The number of unbranched alkanes of at least 4 members (excludes halogenated alkanes) is 8. The second-order valence-corrected chi connectivity index (χ2v) is 31.4. The molecule has 0 heterocycles. The molecule has 0 bridgehead atoms. The largest absolute Gasteiger partial charge is 0.481 e. The van der Waals surface area contributed by atoms with Crippen molar-refractivity contribution in [1.82, 2.24) is 5.32 Å². The third kappa shape index (κ3) is 82.5. The Morgan fingerprint density at radius 3 is 1.20 bits per heavy atom. The number of hydrogen-bond acceptors (Lipinski definition) is 26. The number of benzene rings is 2. The summed E-state index contributed by atoms with van der Waals surface area (Å²) in [6, 6.07) is 15.9. The first-order valence-electron chi connectivity index (χ1n) is 41.6. The number of carbonyl (C=O) groups excluding carboxylic acids is 10. The predicted octanol–water partition coefficient (Wildman–Crippen LogP) is 22.8. The molecule has 790 valence electrons. The topological polar surface area (TPSA) is 443 Å². The minimum absolute atomic E-state index is 0. The maximum atomic E-state index is 12.0. The van der Waals surface area contributed by atoms with Crippen molar-refractivity contribution < 1.29 is 144 Å². The second-order valence-electron chi connectivity index (χ2n) is 31.1. The van der Waals surface area contributed by atoms with Crippen molar-refractivity contribution in [2.24, 2.45) is 34.0 Å². The Balaban J connectivity index is -0.0000000858. The van der Waals surface area contributed by atoms with E-state index in [2.05, 4.69) is 5.32 Å². The average molecular weight is 1940 g/mol. The van der Waals surface area contributed by atoms with Gasteiger partial charge in [0.1, 0.15) is 56.6 Å². The fourth-order valence-electron chi connectivity index (χ4n) is 9.80. The zero-order valence-corrected chi connectivity index (χ0v) is 76.4. The van der Waals surface area contributed by atoms with Crippen molar-refractivity contribution in [3.05, 3.63) is 71.3 Å². The Labute approximate surface area is 811 Å². The number of nitrogens with one attached hydrogen (secondary N) is 1. The van der Waals surface area contributed by atoms with Gasteiger partial charge in [0.15, 0.2) is 0 Å². The van der Waals surface area contributed by atoms with Crippen LogP contribution in [-0.4, -0.2) is 216 Å². The molecule has 5 N–H and O–H groups in total. The molecule has 5 unspecified atom stereocenters. The zero-order chi connectivity index (χ0) is 93.1. The molecule has 32 heteroatoms. The van der Waals surface area contributed by atoms with Gasteiger partial charge in [-0.15, -0.1) is 11.6 Å². The summed E-state index contributed by atoms with van der Waals surface area (Å²) in [6.07, 6.45) is 16.1. The summed E-state index contributed by atoms with van der Waals surface area (Å²) in [4.78, 5) is 156. The molecule has 1 amide bonds. The third-order valence-corrected chi connectivity index (χ3v) is 20.0. The third-order valence-electron chi connectivity index (χ3n) is 19.4. The number of esters is 8. The molecule has 2 aromatic rings. The maximum Gasteiger partial charge on any atom is 0.339 e. The molecule has 1 saturated carbocycles. The van der Waals surface area contributed by atoms with Crippen LogP contribution in [0.25, 0.3) is 0 Å². The number of halogens is 1. The summed E-state index contributed by atoms with van der Waals surface area (Å²) in [5.74, 6) is -7.81. The van der Waals surface area contributed by atoms with Gasteiger partial charge in [0, 0.05) is 61.2 Å². The smallest absolute Gasteiger partial charge is 0.339 e. The van der Waals surface area contributed by atoms with Gasteiger partial charge < -0.3 is 87.4 Å². The van der Waals surface area contributed by atoms with Crippen molar-refractivity contribution in [2.45, 2.75) is 358 Å². The summed E-state index contributed by atoms with van der Waals surface area (Å²) in [5.41, 5.74) is -1.37. The fourth-order valence-corrected chi connectivity index (χ4v) is 9.98. The van der Waals surface area contributed by atoms with Gasteiger partial charge in [-0.1, -0.05) is 198 Å². The summed E-state index contributed by atoms with van der Waals surface area (Å²) in [7, 11) is 6.64. The number of carboxylic acids is 4. The molecule has 0 spiro atoms. The maximum absolute atomic E-state index is 12.0. The van der Waals surface area contributed by atoms with E-state index in [4.69, 9.17) is 88.9 Å². The van der Waals surface area contributed by atoms with Crippen molar-refractivity contribution in [3.63, 3.8) is 0 Å². The van der Waals surface area contributed by atoms with Crippen LogP contribution >= 0.6 is 11.6 Å². The van der Waals surface area contributed by atoms with E-state index in [0.29, 0.717) is 90.1 Å². The molecular formula is C101H194ClNO30. The Kier molecular flexibility index (Phi) is 115. The number of aliphatic carboxylic acids is 3. The molecule has 133 heavy (non-hydrogen) atoms. The van der Waals surface area contributed by atoms with Gasteiger partial charge in [0.25, 0.3) is 0 Å². The number of amides is 1. The van der Waals surface area contributed by atoms with Crippen molar-refractivity contribution >= 4 is 94.9 Å². The van der Waals surface area contributed by atoms with Crippen LogP contribution in [0, 0.1) is 34.0 Å². The molecule has 31 nitrogen and oxygen atoms in total. The molecule has 0 saturated heterocycles. The van der Waals surface area contributed by atoms with Crippen molar-refractivity contribution in [3.8, 4) is 0 Å². The molecule has 1 aliphatic rings. The normalized spacial score (nSPS) is 12.6. The van der Waals surface area contributed by atoms with Crippen molar-refractivity contribution in [2.75, 3.05) is 107 Å². The van der Waals surface area contributed by atoms with Crippen LogP contribution in [-0.2, 0) is 120 Å². The van der Waals surface area contributed by atoms with Gasteiger partial charge in [-0.2, -0.15) is 0 Å². The Morgan fingerprint density at radius 2 is 0.805 bits per heavy atom. The zero-order valence-electron chi connectivity index (χ0n) is 75.7. The highest BCUT2D eigenvalue weighted by atomic mass is 35.5. The molecule has 5 atom stereocenters. The molecule has 0 aromatic heterocycles. The van der Waals surface area contributed by atoms with Crippen molar-refractivity contribution in [1.29, 1.82) is 0 Å². The number of methoxy groups -OCH3 is 4. The van der Waals surface area contributed by atoms with E-state index in [1.54, 1.807) is 83.0 Å². The second kappa shape index (κ2) is 95.1. The lowest BCUT2D eigenvalue weighted by molar-refractivity contribution is -0.164. The number of ether oxygens (including phenoxy) is 12. The highest BCUT2D eigenvalue weighted by Crippen LogP contribution is 2.32. The standard InChI is InChI=1S/C17H30O6.C16H26O6.C16H20O6.C12H20O6.C11H21NO2.C11H16O2.C6H13ClO2.12CH4/c1-3-14(2)17(21)23-13-9-5-7-11-16(20)22-12-8-4-6-10-15(18)19;2*1-4-16(2,3)15(20)22-10-9-21-14(19)12-8-6-5-7-11(12)13(17)18;1-4-12(2,3)11(16)18-8-7-17-10(15)6-5-9(13)14;1-10(13)8-6-4-3-5-7-9-12-11(2)14;1-11(13-3,9-12-2)10-7-5-4-6-8-10;1-6(4-7,9-3)5-8-2;;;;;;;;;;;;/h14H,3-13H2,1-2H3,(H,18,19);11-12H,4-10H2,1-3H3,(H,17,18);5-8H,4,9-10H2,1-3H3,(H,17,18);4-8H2,1-3H3,(H,13,14);3-9H2,1-2H3,(H,12,14);4-8H,9H2,1-3H3;4-5H2,1-3H3;12*1H4. The van der Waals surface area contributed by atoms with Gasteiger partial charge in [-0.25, -0.2) is 9.59 Å². The summed E-state index contributed by atoms with van der Waals surface area (Å²) in [6.45, 7) is 29.6. The number of aromatic carboxylic acids is 1. The number of Topliss-reactive ketones (excluding diaryl/α,β-unsaturated/α-hetero) is 1. The fraction of sp³-hybridized carbons (Fsp3) is 0.743. The van der Waals surface area contributed by atoms with Crippen LogP contribution in [0.1, 0.15) is 373 Å². The lowest BCUT2D eigenvalue weighted by Crippen LogP contribution is -2.34. The molecular weight excluding hydrogens is 1740 g/mol. The van der Waals surface area contributed by atoms with Gasteiger partial charge in [-0.3, -0.25) is 52.7 Å². The van der Waals surface area contributed by atoms with Crippen LogP contribution in [0.5, 0.6) is 0 Å². The van der Waals surface area contributed by atoms with Gasteiger partial charge in [0.2, 0.25) is 5.91 Å². The Hall–Kier alpha value is -8.65. The van der Waals surface area contributed by atoms with Gasteiger partial charge in [-0.05, 0) is 170 Å². The van der Waals surface area contributed by atoms with Crippen LogP contribution < -0.4 is 5.32 Å². The quantitative estimate of drug-likeness (QED) is 0.0178. The summed E-state index contributed by atoms with van der Waals surface area (Å²) < 4.78 is 60.5. The number of ketones is 1.